The number of nitriles is 1. The maximum atomic E-state index is 13.9. The lowest BCUT2D eigenvalue weighted by Gasteiger charge is -2.07. The van der Waals surface area contributed by atoms with Gasteiger partial charge in [0.2, 0.25) is 0 Å². The number of nitrogens with zero attached hydrogens (tertiary/aromatic N) is 6. The number of rotatable bonds is 4. The topological polar surface area (TPSA) is 92.3 Å². The Balaban J connectivity index is 1.64. The summed E-state index contributed by atoms with van der Waals surface area (Å²) < 4.78 is 28.9. The van der Waals surface area contributed by atoms with Gasteiger partial charge in [0.1, 0.15) is 29.3 Å². The van der Waals surface area contributed by atoms with Gasteiger partial charge in [-0.3, -0.25) is 4.68 Å². The molecule has 27 heavy (non-hydrogen) atoms. The fourth-order valence-electron chi connectivity index (χ4n) is 2.57. The van der Waals surface area contributed by atoms with E-state index in [9.17, 15) is 8.78 Å². The summed E-state index contributed by atoms with van der Waals surface area (Å²) in [5.74, 6) is -0.113. The van der Waals surface area contributed by atoms with E-state index < -0.39 is 11.6 Å². The summed E-state index contributed by atoms with van der Waals surface area (Å²) in [5, 5.41) is 16.7. The van der Waals surface area contributed by atoms with Crippen molar-refractivity contribution in [2.45, 2.75) is 6.54 Å². The Bertz CT molecular complexity index is 1160. The highest BCUT2D eigenvalue weighted by atomic mass is 19.1. The van der Waals surface area contributed by atoms with Crippen LogP contribution in [0.4, 0.5) is 20.4 Å². The average Bonchev–Trinajstić information content (AvgIpc) is 3.07. The highest BCUT2D eigenvalue weighted by Crippen LogP contribution is 2.20. The van der Waals surface area contributed by atoms with E-state index in [1.54, 1.807) is 23.1 Å². The normalized spacial score (nSPS) is 10.7. The van der Waals surface area contributed by atoms with E-state index in [4.69, 9.17) is 5.26 Å². The van der Waals surface area contributed by atoms with E-state index in [0.29, 0.717) is 17.2 Å². The molecule has 4 aromatic rings. The zero-order valence-corrected chi connectivity index (χ0v) is 13.8. The molecule has 9 heteroatoms. The zero-order chi connectivity index (χ0) is 18.8. The molecule has 0 amide bonds. The van der Waals surface area contributed by atoms with Crippen molar-refractivity contribution in [2.75, 3.05) is 5.32 Å². The van der Waals surface area contributed by atoms with Crippen LogP contribution in [0.25, 0.3) is 10.9 Å². The lowest BCUT2D eigenvalue weighted by Crippen LogP contribution is -2.04. The van der Waals surface area contributed by atoms with Crippen LogP contribution in [-0.2, 0) is 6.54 Å². The first-order chi connectivity index (χ1) is 13.1. The molecule has 0 saturated carbocycles. The van der Waals surface area contributed by atoms with Crippen molar-refractivity contribution in [1.29, 1.82) is 5.26 Å². The maximum Gasteiger partial charge on any atom is 0.158 e. The summed E-state index contributed by atoms with van der Waals surface area (Å²) in [6.45, 7) is 0.0766. The number of benzene rings is 1. The van der Waals surface area contributed by atoms with Crippen molar-refractivity contribution in [2.24, 2.45) is 0 Å². The third kappa shape index (κ3) is 3.41. The van der Waals surface area contributed by atoms with Gasteiger partial charge in [-0.15, -0.1) is 0 Å². The third-order valence-corrected chi connectivity index (χ3v) is 3.88. The summed E-state index contributed by atoms with van der Waals surface area (Å²) in [6.07, 6.45) is 5.98. The van der Waals surface area contributed by atoms with E-state index in [-0.39, 0.29) is 17.8 Å². The van der Waals surface area contributed by atoms with Crippen LogP contribution in [0.3, 0.4) is 0 Å². The lowest BCUT2D eigenvalue weighted by molar-refractivity contribution is 0.570. The Morgan fingerprint density at radius 2 is 1.85 bits per heavy atom. The highest BCUT2D eigenvalue weighted by Gasteiger charge is 2.10. The molecular formula is C18H11F2N7. The number of hydrogen-bond acceptors (Lipinski definition) is 6. The first-order valence-electron chi connectivity index (χ1n) is 7.87. The van der Waals surface area contributed by atoms with E-state index >= 15 is 0 Å². The molecule has 0 bridgehead atoms. The van der Waals surface area contributed by atoms with Crippen LogP contribution in [0.5, 0.6) is 0 Å². The Morgan fingerprint density at radius 3 is 2.63 bits per heavy atom. The van der Waals surface area contributed by atoms with E-state index in [1.807, 2.05) is 6.07 Å². The van der Waals surface area contributed by atoms with Crippen LogP contribution in [0.15, 0.2) is 49.1 Å². The van der Waals surface area contributed by atoms with Gasteiger partial charge >= 0.3 is 0 Å². The Labute approximate surface area is 151 Å². The van der Waals surface area contributed by atoms with Crippen LogP contribution >= 0.6 is 0 Å². The lowest BCUT2D eigenvalue weighted by atomic mass is 10.2. The quantitative estimate of drug-likeness (QED) is 0.599. The zero-order valence-electron chi connectivity index (χ0n) is 13.8. The molecule has 0 spiro atoms. The number of pyridine rings is 1. The highest BCUT2D eigenvalue weighted by molar-refractivity contribution is 5.80. The monoisotopic (exact) mass is 363 g/mol. The smallest absolute Gasteiger partial charge is 0.158 e. The molecule has 3 aromatic heterocycles. The number of hydrogen-bond donors (Lipinski definition) is 1. The minimum Gasteiger partial charge on any atom is -0.324 e. The Hall–Kier alpha value is -3.93. The van der Waals surface area contributed by atoms with Crippen molar-refractivity contribution in [3.8, 4) is 6.07 Å². The molecule has 1 N–H and O–H groups in total. The second kappa shape index (κ2) is 6.76. The fraction of sp³-hybridized carbons (Fsp3) is 0.0556. The first-order valence-corrected chi connectivity index (χ1v) is 7.87. The third-order valence-electron chi connectivity index (χ3n) is 3.88. The maximum absolute atomic E-state index is 13.9. The standard InChI is InChI=1S/C18H11F2N7/c19-13-1-2-15(20)11(3-13)10-27-16-4-17(23-6-12(16)7-25-27)26-18-9-22-14(5-21)8-24-18/h1-4,6-9H,10H2,(H,23,24,26). The van der Waals surface area contributed by atoms with Crippen molar-refractivity contribution in [1.82, 2.24) is 24.7 Å². The molecule has 1 aromatic carbocycles. The van der Waals surface area contributed by atoms with E-state index in [2.05, 4.69) is 25.4 Å². The van der Waals surface area contributed by atoms with Crippen molar-refractivity contribution < 1.29 is 8.78 Å². The van der Waals surface area contributed by atoms with Gasteiger partial charge < -0.3 is 5.32 Å². The molecule has 0 aliphatic heterocycles. The van der Waals surface area contributed by atoms with Crippen LogP contribution in [0, 0.1) is 23.0 Å². The molecule has 132 valence electrons. The van der Waals surface area contributed by atoms with E-state index in [1.165, 1.54) is 12.4 Å². The molecule has 0 fully saturated rings. The number of anilines is 2. The van der Waals surface area contributed by atoms with Gasteiger partial charge in [0.15, 0.2) is 5.69 Å². The number of fused-ring (bicyclic) bond motifs is 1. The predicted molar refractivity (Wildman–Crippen MR) is 93.0 cm³/mol. The van der Waals surface area contributed by atoms with Gasteiger partial charge in [-0.2, -0.15) is 10.4 Å². The number of halogens is 2. The number of nitrogens with one attached hydrogen (secondary N) is 1. The van der Waals surface area contributed by atoms with Gasteiger partial charge in [0, 0.05) is 23.2 Å². The van der Waals surface area contributed by atoms with Gasteiger partial charge in [-0.1, -0.05) is 0 Å². The summed E-state index contributed by atoms with van der Waals surface area (Å²) in [5.41, 5.74) is 1.10. The molecule has 3 heterocycles. The molecule has 0 aliphatic carbocycles. The predicted octanol–water partition coefficient (Wildman–Crippen LogP) is 3.16. The van der Waals surface area contributed by atoms with Gasteiger partial charge in [0.05, 0.1) is 30.7 Å². The largest absolute Gasteiger partial charge is 0.324 e. The summed E-state index contributed by atoms with van der Waals surface area (Å²) >= 11 is 0. The molecule has 0 aliphatic rings. The Kier molecular flexibility index (Phi) is 4.14. The Morgan fingerprint density at radius 1 is 1.00 bits per heavy atom. The molecule has 0 unspecified atom stereocenters. The van der Waals surface area contributed by atoms with E-state index in [0.717, 1.165) is 23.6 Å². The van der Waals surface area contributed by atoms with Crippen molar-refractivity contribution in [3.63, 3.8) is 0 Å². The molecule has 0 saturated heterocycles. The van der Waals surface area contributed by atoms with Crippen molar-refractivity contribution in [3.05, 3.63) is 71.9 Å². The summed E-state index contributed by atoms with van der Waals surface area (Å²) in [7, 11) is 0. The van der Waals surface area contributed by atoms with Gasteiger partial charge in [-0.25, -0.2) is 23.7 Å². The second-order valence-corrected chi connectivity index (χ2v) is 5.69. The molecule has 0 radical (unpaired) electrons. The fourth-order valence-corrected chi connectivity index (χ4v) is 2.57. The molecular weight excluding hydrogens is 352 g/mol. The number of aromatic nitrogens is 5. The molecule has 0 atom stereocenters. The van der Waals surface area contributed by atoms with Crippen LogP contribution in [-0.4, -0.2) is 24.7 Å². The minimum absolute atomic E-state index is 0.0766. The molecule has 7 nitrogen and oxygen atoms in total. The van der Waals surface area contributed by atoms with Crippen molar-refractivity contribution >= 4 is 22.5 Å². The minimum atomic E-state index is -0.508. The second-order valence-electron chi connectivity index (χ2n) is 5.69. The molecule has 4 rings (SSSR count). The average molecular weight is 363 g/mol. The first kappa shape index (κ1) is 16.5. The van der Waals surface area contributed by atoms with Gasteiger partial charge in [0.25, 0.3) is 0 Å². The summed E-state index contributed by atoms with van der Waals surface area (Å²) in [4.78, 5) is 12.3. The summed E-state index contributed by atoms with van der Waals surface area (Å²) in [6, 6.07) is 6.93. The SMILES string of the molecule is N#Cc1cnc(Nc2cc3c(cn2)cnn3Cc2cc(F)ccc2F)cn1. The van der Waals surface area contributed by atoms with Crippen LogP contribution in [0.1, 0.15) is 11.3 Å². The van der Waals surface area contributed by atoms with Crippen LogP contribution in [0.2, 0.25) is 0 Å². The van der Waals surface area contributed by atoms with Crippen LogP contribution < -0.4 is 5.32 Å². The van der Waals surface area contributed by atoms with Gasteiger partial charge in [-0.05, 0) is 18.2 Å².